The first-order valence-corrected chi connectivity index (χ1v) is 5.20. The first-order valence-electron chi connectivity index (χ1n) is 5.20. The smallest absolute Gasteiger partial charge is 0.220 e. The molecule has 82 valence electrons. The van der Waals surface area contributed by atoms with Crippen molar-refractivity contribution < 1.29 is 4.79 Å². The summed E-state index contributed by atoms with van der Waals surface area (Å²) in [6.45, 7) is 0. The fourth-order valence-electron chi connectivity index (χ4n) is 2.26. The maximum absolute atomic E-state index is 11.1. The van der Waals surface area contributed by atoms with Crippen LogP contribution in [0.15, 0.2) is 0 Å². The van der Waals surface area contributed by atoms with Gasteiger partial charge in [-0.1, -0.05) is 6.42 Å². The second-order valence-electron chi connectivity index (χ2n) is 4.12. The molecule has 0 aliphatic heterocycles. The fraction of sp³-hybridized carbons (Fsp3) is 0.778. The van der Waals surface area contributed by atoms with Gasteiger partial charge in [-0.05, 0) is 29.7 Å². The van der Waals surface area contributed by atoms with E-state index < -0.39 is 0 Å². The zero-order valence-electron chi connectivity index (χ0n) is 8.76. The summed E-state index contributed by atoms with van der Waals surface area (Å²) >= 11 is 0. The van der Waals surface area contributed by atoms with E-state index in [0.717, 1.165) is 31.5 Å². The minimum absolute atomic E-state index is 0.0135. The van der Waals surface area contributed by atoms with Crippen LogP contribution in [0.25, 0.3) is 0 Å². The van der Waals surface area contributed by atoms with Crippen molar-refractivity contribution in [2.45, 2.75) is 31.6 Å². The molecule has 2 unspecified atom stereocenters. The van der Waals surface area contributed by atoms with E-state index >= 15 is 0 Å². The van der Waals surface area contributed by atoms with Crippen molar-refractivity contribution in [3.05, 3.63) is 5.82 Å². The molecule has 6 heteroatoms. The van der Waals surface area contributed by atoms with Gasteiger partial charge in [0.05, 0.1) is 0 Å². The van der Waals surface area contributed by atoms with Crippen molar-refractivity contribution in [1.29, 1.82) is 0 Å². The van der Waals surface area contributed by atoms with Crippen LogP contribution in [-0.2, 0) is 11.8 Å². The Morgan fingerprint density at radius 2 is 2.33 bits per heavy atom. The number of hydrogen-bond donors (Lipinski definition) is 1. The molecule has 1 saturated carbocycles. The van der Waals surface area contributed by atoms with Gasteiger partial charge >= 0.3 is 0 Å². The molecule has 1 aromatic heterocycles. The molecule has 1 aliphatic rings. The van der Waals surface area contributed by atoms with Crippen molar-refractivity contribution in [2.75, 3.05) is 0 Å². The number of tetrazole rings is 1. The van der Waals surface area contributed by atoms with Crippen molar-refractivity contribution in [2.24, 2.45) is 18.7 Å². The molecule has 1 aromatic rings. The highest BCUT2D eigenvalue weighted by atomic mass is 16.1. The van der Waals surface area contributed by atoms with Gasteiger partial charge in [-0.15, -0.1) is 5.10 Å². The molecule has 2 atom stereocenters. The Morgan fingerprint density at radius 1 is 1.53 bits per heavy atom. The molecule has 1 fully saturated rings. The number of rotatable bonds is 2. The number of amides is 1. The summed E-state index contributed by atoms with van der Waals surface area (Å²) in [4.78, 5) is 11.1. The van der Waals surface area contributed by atoms with Crippen molar-refractivity contribution >= 4 is 5.91 Å². The summed E-state index contributed by atoms with van der Waals surface area (Å²) in [6, 6.07) is 0. The van der Waals surface area contributed by atoms with Gasteiger partial charge < -0.3 is 5.73 Å². The van der Waals surface area contributed by atoms with Gasteiger partial charge in [0.2, 0.25) is 5.91 Å². The van der Waals surface area contributed by atoms with Crippen LogP contribution in [0, 0.1) is 5.92 Å². The molecule has 2 rings (SSSR count). The molecule has 6 nitrogen and oxygen atoms in total. The topological polar surface area (TPSA) is 86.7 Å². The number of carbonyl (C=O) groups is 1. The minimum Gasteiger partial charge on any atom is -0.369 e. The van der Waals surface area contributed by atoms with Gasteiger partial charge in [-0.3, -0.25) is 4.79 Å². The monoisotopic (exact) mass is 209 g/mol. The summed E-state index contributed by atoms with van der Waals surface area (Å²) in [7, 11) is 1.82. The lowest BCUT2D eigenvalue weighted by molar-refractivity contribution is -0.122. The average Bonchev–Trinajstić information content (AvgIpc) is 2.64. The largest absolute Gasteiger partial charge is 0.369 e. The summed E-state index contributed by atoms with van der Waals surface area (Å²) in [5.74, 6) is 0.924. The third-order valence-corrected chi connectivity index (χ3v) is 3.09. The quantitative estimate of drug-likeness (QED) is 0.741. The first kappa shape index (κ1) is 10.1. The average molecular weight is 209 g/mol. The summed E-state index contributed by atoms with van der Waals surface area (Å²) in [6.07, 6.45) is 3.74. The maximum atomic E-state index is 11.1. The second-order valence-corrected chi connectivity index (χ2v) is 4.12. The Balaban J connectivity index is 2.11. The van der Waals surface area contributed by atoms with E-state index in [1.807, 2.05) is 7.05 Å². The lowest BCUT2D eigenvalue weighted by Gasteiger charge is -2.25. The molecule has 0 spiro atoms. The molecular weight excluding hydrogens is 194 g/mol. The van der Waals surface area contributed by atoms with Crippen LogP contribution in [0.1, 0.15) is 37.4 Å². The highest BCUT2D eigenvalue weighted by Crippen LogP contribution is 2.34. The number of nitrogens with zero attached hydrogens (tertiary/aromatic N) is 4. The summed E-state index contributed by atoms with van der Waals surface area (Å²) < 4.78 is 1.67. The Bertz CT molecular complexity index is 361. The predicted octanol–water partition coefficient (Wildman–Crippen LogP) is -0.0308. The molecule has 1 aliphatic carbocycles. The normalized spacial score (nSPS) is 26.5. The van der Waals surface area contributed by atoms with Crippen LogP contribution in [-0.4, -0.2) is 26.1 Å². The highest BCUT2D eigenvalue weighted by molar-refractivity contribution is 5.76. The van der Waals surface area contributed by atoms with Gasteiger partial charge in [-0.25, -0.2) is 4.68 Å². The second kappa shape index (κ2) is 3.96. The number of primary amides is 1. The van der Waals surface area contributed by atoms with Gasteiger partial charge in [-0.2, -0.15) is 0 Å². The molecule has 0 radical (unpaired) electrons. The lowest BCUT2D eigenvalue weighted by Crippen LogP contribution is -2.28. The highest BCUT2D eigenvalue weighted by Gasteiger charge is 2.29. The zero-order valence-corrected chi connectivity index (χ0v) is 8.76. The zero-order chi connectivity index (χ0) is 10.8. The van der Waals surface area contributed by atoms with Crippen LogP contribution in [0.4, 0.5) is 0 Å². The minimum atomic E-state index is -0.199. The van der Waals surface area contributed by atoms with E-state index in [-0.39, 0.29) is 17.7 Å². The lowest BCUT2D eigenvalue weighted by atomic mass is 9.80. The SMILES string of the molecule is Cn1nnnc1C1CCCC(C(N)=O)C1. The fourth-order valence-corrected chi connectivity index (χ4v) is 2.26. The number of hydrogen-bond acceptors (Lipinski definition) is 4. The van der Waals surface area contributed by atoms with Crippen LogP contribution in [0.5, 0.6) is 0 Å². The molecule has 1 amide bonds. The Morgan fingerprint density at radius 3 is 2.93 bits per heavy atom. The van der Waals surface area contributed by atoms with Crippen LogP contribution in [0.3, 0.4) is 0 Å². The molecule has 0 saturated heterocycles. The maximum Gasteiger partial charge on any atom is 0.220 e. The van der Waals surface area contributed by atoms with Crippen LogP contribution < -0.4 is 5.73 Å². The summed E-state index contributed by atoms with van der Waals surface area (Å²) in [5, 5.41) is 11.4. The number of aryl methyl sites for hydroxylation is 1. The van der Waals surface area contributed by atoms with Crippen LogP contribution >= 0.6 is 0 Å². The van der Waals surface area contributed by atoms with Crippen LogP contribution in [0.2, 0.25) is 0 Å². The van der Waals surface area contributed by atoms with Gasteiger partial charge in [0.25, 0.3) is 0 Å². The van der Waals surface area contributed by atoms with E-state index in [9.17, 15) is 4.79 Å². The van der Waals surface area contributed by atoms with E-state index in [1.165, 1.54) is 0 Å². The molecule has 1 heterocycles. The van der Waals surface area contributed by atoms with Gasteiger partial charge in [0, 0.05) is 18.9 Å². The molecule has 0 bridgehead atoms. The van der Waals surface area contributed by atoms with Gasteiger partial charge in [0.1, 0.15) is 0 Å². The van der Waals surface area contributed by atoms with E-state index in [0.29, 0.717) is 0 Å². The Hall–Kier alpha value is -1.46. The third kappa shape index (κ3) is 1.98. The van der Waals surface area contributed by atoms with Gasteiger partial charge in [0.15, 0.2) is 5.82 Å². The van der Waals surface area contributed by atoms with Crippen molar-refractivity contribution in [3.8, 4) is 0 Å². The number of aromatic nitrogens is 4. The van der Waals surface area contributed by atoms with E-state index in [1.54, 1.807) is 4.68 Å². The van der Waals surface area contributed by atoms with E-state index in [2.05, 4.69) is 15.5 Å². The van der Waals surface area contributed by atoms with E-state index in [4.69, 9.17) is 5.73 Å². The molecule has 0 aromatic carbocycles. The Labute approximate surface area is 87.8 Å². The molecule has 2 N–H and O–H groups in total. The third-order valence-electron chi connectivity index (χ3n) is 3.09. The van der Waals surface area contributed by atoms with Crippen molar-refractivity contribution in [1.82, 2.24) is 20.2 Å². The number of nitrogens with two attached hydrogens (primary N) is 1. The predicted molar refractivity (Wildman–Crippen MR) is 52.7 cm³/mol. The molecule has 15 heavy (non-hydrogen) atoms. The first-order chi connectivity index (χ1) is 7.18. The summed E-state index contributed by atoms with van der Waals surface area (Å²) in [5.41, 5.74) is 5.32. The standard InChI is InChI=1S/C9H15N5O/c1-14-9(11-12-13-14)7-4-2-3-6(5-7)8(10)15/h6-7H,2-5H2,1H3,(H2,10,15). The number of carbonyl (C=O) groups excluding carboxylic acids is 1. The Kier molecular flexibility index (Phi) is 2.66. The molecular formula is C9H15N5O. The van der Waals surface area contributed by atoms with Crippen molar-refractivity contribution in [3.63, 3.8) is 0 Å².